The third-order valence-electron chi connectivity index (χ3n) is 5.08. The highest BCUT2D eigenvalue weighted by Crippen LogP contribution is 2.38. The van der Waals surface area contributed by atoms with Crippen LogP contribution >= 0.6 is 0 Å². The van der Waals surface area contributed by atoms with E-state index in [0.29, 0.717) is 23.6 Å². The first-order valence-electron chi connectivity index (χ1n) is 8.26. The number of hydrogen-bond donors (Lipinski definition) is 4. The van der Waals surface area contributed by atoms with E-state index in [1.54, 1.807) is 12.3 Å². The summed E-state index contributed by atoms with van der Waals surface area (Å²) in [7, 11) is 0. The van der Waals surface area contributed by atoms with Gasteiger partial charge in [-0.05, 0) is 41.7 Å². The van der Waals surface area contributed by atoms with Crippen molar-refractivity contribution < 1.29 is 4.79 Å². The molecule has 124 valence electrons. The maximum absolute atomic E-state index is 11.5. The van der Waals surface area contributed by atoms with Crippen LogP contribution in [0.3, 0.4) is 0 Å². The first-order chi connectivity index (χ1) is 11.7. The number of nitrogens with one attached hydrogen (secondary N) is 3. The van der Waals surface area contributed by atoms with E-state index in [-0.39, 0.29) is 6.04 Å². The standard InChI is InChI=1S/C18H21N5O/c19-18(24)12-4-1-3-11(7-12)17-14-8-15(13-5-2-6-20-9-13)21-10-16(14)22-23-17/h1-7,9,14-17,21-23H,8,10H2,(H2,19,24). The molecule has 3 heterocycles. The Morgan fingerprint density at radius 3 is 2.83 bits per heavy atom. The molecule has 24 heavy (non-hydrogen) atoms. The molecule has 1 aromatic carbocycles. The van der Waals surface area contributed by atoms with E-state index in [0.717, 1.165) is 18.5 Å². The van der Waals surface area contributed by atoms with Crippen LogP contribution in [0.2, 0.25) is 0 Å². The monoisotopic (exact) mass is 323 g/mol. The predicted molar refractivity (Wildman–Crippen MR) is 90.8 cm³/mol. The van der Waals surface area contributed by atoms with Gasteiger partial charge in [-0.15, -0.1) is 0 Å². The number of aromatic nitrogens is 1. The molecule has 0 bridgehead atoms. The molecule has 2 aliphatic heterocycles. The topological polar surface area (TPSA) is 92.1 Å². The van der Waals surface area contributed by atoms with Crippen LogP contribution in [-0.4, -0.2) is 23.5 Å². The number of nitrogens with zero attached hydrogens (tertiary/aromatic N) is 1. The molecule has 0 saturated carbocycles. The molecule has 2 aliphatic rings. The smallest absolute Gasteiger partial charge is 0.248 e. The van der Waals surface area contributed by atoms with Gasteiger partial charge in [0.05, 0.1) is 6.04 Å². The molecule has 5 N–H and O–H groups in total. The van der Waals surface area contributed by atoms with Crippen molar-refractivity contribution in [3.63, 3.8) is 0 Å². The van der Waals surface area contributed by atoms with E-state index in [2.05, 4.69) is 33.3 Å². The van der Waals surface area contributed by atoms with E-state index in [9.17, 15) is 4.79 Å². The first kappa shape index (κ1) is 15.3. The summed E-state index contributed by atoms with van der Waals surface area (Å²) in [5.41, 5.74) is 15.1. The van der Waals surface area contributed by atoms with Gasteiger partial charge in [0.1, 0.15) is 0 Å². The lowest BCUT2D eigenvalue weighted by atomic mass is 9.80. The molecule has 2 saturated heterocycles. The molecular weight excluding hydrogens is 302 g/mol. The van der Waals surface area contributed by atoms with Gasteiger partial charge in [0, 0.05) is 36.6 Å². The molecule has 1 aromatic heterocycles. The molecule has 6 heteroatoms. The van der Waals surface area contributed by atoms with Crippen LogP contribution in [-0.2, 0) is 0 Å². The zero-order chi connectivity index (χ0) is 16.5. The van der Waals surface area contributed by atoms with Crippen LogP contribution in [0.25, 0.3) is 0 Å². The number of nitrogens with two attached hydrogens (primary N) is 1. The second kappa shape index (κ2) is 6.32. The molecule has 4 atom stereocenters. The van der Waals surface area contributed by atoms with Crippen molar-refractivity contribution in [2.24, 2.45) is 11.7 Å². The fraction of sp³-hybridized carbons (Fsp3) is 0.333. The van der Waals surface area contributed by atoms with Gasteiger partial charge in [-0.3, -0.25) is 15.2 Å². The normalized spacial score (nSPS) is 29.2. The lowest BCUT2D eigenvalue weighted by Gasteiger charge is -2.34. The Hall–Kier alpha value is -2.28. The maximum Gasteiger partial charge on any atom is 0.248 e. The van der Waals surface area contributed by atoms with E-state index in [4.69, 9.17) is 5.73 Å². The molecule has 4 rings (SSSR count). The van der Waals surface area contributed by atoms with Gasteiger partial charge >= 0.3 is 0 Å². The Bertz CT molecular complexity index is 735. The highest BCUT2D eigenvalue weighted by molar-refractivity contribution is 5.92. The summed E-state index contributed by atoms with van der Waals surface area (Å²) in [6, 6.07) is 12.5. The van der Waals surface area contributed by atoms with Crippen LogP contribution in [0, 0.1) is 5.92 Å². The second-order valence-corrected chi connectivity index (χ2v) is 6.51. The lowest BCUT2D eigenvalue weighted by molar-refractivity contribution is 0.1000. The number of primary amides is 1. The quantitative estimate of drug-likeness (QED) is 0.678. The minimum atomic E-state index is -0.391. The summed E-state index contributed by atoms with van der Waals surface area (Å²) in [5, 5.41) is 3.59. The highest BCUT2D eigenvalue weighted by Gasteiger charge is 2.41. The SMILES string of the molecule is NC(=O)c1cccc(C2NNC3CNC(c4cccnc4)CC32)c1. The highest BCUT2D eigenvalue weighted by atomic mass is 16.1. The van der Waals surface area contributed by atoms with E-state index in [1.165, 1.54) is 5.56 Å². The van der Waals surface area contributed by atoms with Crippen LogP contribution in [0.1, 0.15) is 40.0 Å². The van der Waals surface area contributed by atoms with Crippen molar-refractivity contribution in [1.29, 1.82) is 0 Å². The van der Waals surface area contributed by atoms with Crippen molar-refractivity contribution in [3.05, 3.63) is 65.5 Å². The van der Waals surface area contributed by atoms with E-state index in [1.807, 2.05) is 24.4 Å². The predicted octanol–water partition coefficient (Wildman–Crippen LogP) is 1.05. The Balaban J connectivity index is 1.58. The molecule has 2 aromatic rings. The fourth-order valence-corrected chi connectivity index (χ4v) is 3.82. The van der Waals surface area contributed by atoms with Crippen LogP contribution in [0.5, 0.6) is 0 Å². The molecule has 0 spiro atoms. The summed E-state index contributed by atoms with van der Waals surface area (Å²) < 4.78 is 0. The Morgan fingerprint density at radius 2 is 2.04 bits per heavy atom. The van der Waals surface area contributed by atoms with Crippen molar-refractivity contribution in [1.82, 2.24) is 21.2 Å². The van der Waals surface area contributed by atoms with Gasteiger partial charge in [0.15, 0.2) is 0 Å². The average Bonchev–Trinajstić information content (AvgIpc) is 3.05. The molecule has 1 amide bonds. The zero-order valence-electron chi connectivity index (χ0n) is 13.3. The number of carbonyl (C=O) groups is 1. The Morgan fingerprint density at radius 1 is 1.17 bits per heavy atom. The zero-order valence-corrected chi connectivity index (χ0v) is 13.3. The number of hydrazine groups is 1. The first-order valence-corrected chi connectivity index (χ1v) is 8.26. The average molecular weight is 323 g/mol. The Labute approximate surface area is 140 Å². The number of piperidine rings is 1. The van der Waals surface area contributed by atoms with Crippen molar-refractivity contribution >= 4 is 5.91 Å². The summed E-state index contributed by atoms with van der Waals surface area (Å²) in [4.78, 5) is 15.7. The van der Waals surface area contributed by atoms with Gasteiger partial charge in [0.2, 0.25) is 5.91 Å². The third-order valence-corrected chi connectivity index (χ3v) is 5.08. The number of carbonyl (C=O) groups excluding carboxylic acids is 1. The third kappa shape index (κ3) is 2.80. The van der Waals surface area contributed by atoms with Gasteiger partial charge < -0.3 is 11.1 Å². The number of amides is 1. The largest absolute Gasteiger partial charge is 0.366 e. The molecular formula is C18H21N5O. The van der Waals surface area contributed by atoms with Gasteiger partial charge in [0.25, 0.3) is 0 Å². The number of benzene rings is 1. The maximum atomic E-state index is 11.5. The summed E-state index contributed by atoms with van der Waals surface area (Å²) >= 11 is 0. The number of pyridine rings is 1. The van der Waals surface area contributed by atoms with Crippen LogP contribution in [0.4, 0.5) is 0 Å². The molecule has 6 nitrogen and oxygen atoms in total. The fourth-order valence-electron chi connectivity index (χ4n) is 3.82. The van der Waals surface area contributed by atoms with Crippen LogP contribution < -0.4 is 21.9 Å². The minimum absolute atomic E-state index is 0.163. The van der Waals surface area contributed by atoms with E-state index < -0.39 is 5.91 Å². The van der Waals surface area contributed by atoms with Crippen LogP contribution in [0.15, 0.2) is 48.8 Å². The van der Waals surface area contributed by atoms with Crippen molar-refractivity contribution in [3.8, 4) is 0 Å². The Kier molecular flexibility index (Phi) is 4.02. The molecule has 4 unspecified atom stereocenters. The summed E-state index contributed by atoms with van der Waals surface area (Å²) in [6.45, 7) is 0.892. The van der Waals surface area contributed by atoms with Crippen molar-refractivity contribution in [2.45, 2.75) is 24.5 Å². The van der Waals surface area contributed by atoms with E-state index >= 15 is 0 Å². The molecule has 0 aliphatic carbocycles. The molecule has 0 radical (unpaired) electrons. The van der Waals surface area contributed by atoms with Gasteiger partial charge in [-0.25, -0.2) is 5.43 Å². The number of rotatable bonds is 3. The lowest BCUT2D eigenvalue weighted by Crippen LogP contribution is -2.46. The minimum Gasteiger partial charge on any atom is -0.366 e. The summed E-state index contributed by atoms with van der Waals surface area (Å²) in [6.07, 6.45) is 4.73. The van der Waals surface area contributed by atoms with Gasteiger partial charge in [-0.1, -0.05) is 18.2 Å². The summed E-state index contributed by atoms with van der Waals surface area (Å²) in [5.74, 6) is 0.0393. The molecule has 2 fully saturated rings. The number of fused-ring (bicyclic) bond motifs is 1. The second-order valence-electron chi connectivity index (χ2n) is 6.51. The number of hydrogen-bond acceptors (Lipinski definition) is 5. The van der Waals surface area contributed by atoms with Gasteiger partial charge in [-0.2, -0.15) is 0 Å². The van der Waals surface area contributed by atoms with Crippen molar-refractivity contribution in [2.75, 3.05) is 6.54 Å².